The highest BCUT2D eigenvalue weighted by Gasteiger charge is 2.28. The first-order valence-corrected chi connectivity index (χ1v) is 10.7. The van der Waals surface area contributed by atoms with Gasteiger partial charge in [0.15, 0.2) is 0 Å². The Bertz CT molecular complexity index is 970. The predicted octanol–water partition coefficient (Wildman–Crippen LogP) is 2.25. The lowest BCUT2D eigenvalue weighted by atomic mass is 10.1. The third-order valence-electron chi connectivity index (χ3n) is 4.64. The lowest BCUT2D eigenvalue weighted by Crippen LogP contribution is -2.52. The van der Waals surface area contributed by atoms with Crippen LogP contribution < -0.4 is 9.62 Å². The monoisotopic (exact) mass is 401 g/mol. The standard InChI is InChI=1S/C20H23N3O4S/c1-3-28(26,27)21-17-8-6-16(7-9-17)20(25)22-12-13-23(19(24)14-22)18-10-4-15(2)5-11-18/h4-11,21H,3,12-14H2,1-2H3. The zero-order valence-corrected chi connectivity index (χ0v) is 16.7. The molecular weight excluding hydrogens is 378 g/mol. The van der Waals surface area contributed by atoms with E-state index in [1.54, 1.807) is 36.1 Å². The van der Waals surface area contributed by atoms with Crippen LogP contribution in [0.3, 0.4) is 0 Å². The number of nitrogens with zero attached hydrogens (tertiary/aromatic N) is 2. The zero-order chi connectivity index (χ0) is 20.3. The summed E-state index contributed by atoms with van der Waals surface area (Å²) in [4.78, 5) is 28.4. The lowest BCUT2D eigenvalue weighted by molar-refractivity contribution is -0.120. The minimum atomic E-state index is -3.36. The number of aryl methyl sites for hydroxylation is 1. The van der Waals surface area contributed by atoms with Gasteiger partial charge in [0, 0.05) is 30.0 Å². The predicted molar refractivity (Wildman–Crippen MR) is 109 cm³/mol. The van der Waals surface area contributed by atoms with Crippen LogP contribution in [0, 0.1) is 6.92 Å². The van der Waals surface area contributed by atoms with Crippen molar-refractivity contribution in [3.05, 3.63) is 59.7 Å². The molecule has 3 rings (SSSR count). The second-order valence-electron chi connectivity index (χ2n) is 6.69. The molecule has 28 heavy (non-hydrogen) atoms. The number of rotatable bonds is 5. The molecule has 148 valence electrons. The fourth-order valence-electron chi connectivity index (χ4n) is 2.96. The largest absolute Gasteiger partial charge is 0.328 e. The smallest absolute Gasteiger partial charge is 0.254 e. The zero-order valence-electron chi connectivity index (χ0n) is 15.9. The highest BCUT2D eigenvalue weighted by molar-refractivity contribution is 7.92. The molecule has 1 aliphatic rings. The molecule has 1 aliphatic heterocycles. The molecule has 0 saturated carbocycles. The number of benzene rings is 2. The summed E-state index contributed by atoms with van der Waals surface area (Å²) in [6, 6.07) is 13.9. The van der Waals surface area contributed by atoms with E-state index >= 15 is 0 Å². The van der Waals surface area contributed by atoms with Gasteiger partial charge >= 0.3 is 0 Å². The summed E-state index contributed by atoms with van der Waals surface area (Å²) in [7, 11) is -3.36. The highest BCUT2D eigenvalue weighted by Crippen LogP contribution is 2.20. The number of hydrogen-bond acceptors (Lipinski definition) is 4. The van der Waals surface area contributed by atoms with Crippen LogP contribution >= 0.6 is 0 Å². The number of carbonyl (C=O) groups excluding carboxylic acids is 2. The fraction of sp³-hybridized carbons (Fsp3) is 0.300. The maximum Gasteiger partial charge on any atom is 0.254 e. The Morgan fingerprint density at radius 1 is 1.04 bits per heavy atom. The number of sulfonamides is 1. The summed E-state index contributed by atoms with van der Waals surface area (Å²) >= 11 is 0. The van der Waals surface area contributed by atoms with Gasteiger partial charge in [0.2, 0.25) is 15.9 Å². The Morgan fingerprint density at radius 3 is 2.25 bits per heavy atom. The van der Waals surface area contributed by atoms with Crippen molar-refractivity contribution >= 4 is 33.2 Å². The van der Waals surface area contributed by atoms with Crippen molar-refractivity contribution in [2.24, 2.45) is 0 Å². The van der Waals surface area contributed by atoms with Gasteiger partial charge in [-0.2, -0.15) is 0 Å². The second kappa shape index (κ2) is 8.02. The molecule has 1 fully saturated rings. The summed E-state index contributed by atoms with van der Waals surface area (Å²) in [5.41, 5.74) is 2.76. The Labute approximate surface area is 165 Å². The Balaban J connectivity index is 1.66. The summed E-state index contributed by atoms with van der Waals surface area (Å²) in [5.74, 6) is -0.404. The van der Waals surface area contributed by atoms with Gasteiger partial charge in [0.05, 0.1) is 5.75 Å². The molecule has 0 radical (unpaired) electrons. The highest BCUT2D eigenvalue weighted by atomic mass is 32.2. The van der Waals surface area contributed by atoms with Crippen LogP contribution in [0.5, 0.6) is 0 Å². The van der Waals surface area contributed by atoms with Crippen LogP contribution in [0.25, 0.3) is 0 Å². The van der Waals surface area contributed by atoms with Gasteiger partial charge in [-0.25, -0.2) is 8.42 Å². The van der Waals surface area contributed by atoms with Crippen molar-refractivity contribution in [2.45, 2.75) is 13.8 Å². The molecule has 0 unspecified atom stereocenters. The topological polar surface area (TPSA) is 86.8 Å². The van der Waals surface area contributed by atoms with Gasteiger partial charge in [-0.15, -0.1) is 0 Å². The van der Waals surface area contributed by atoms with E-state index in [0.29, 0.717) is 24.3 Å². The SMILES string of the molecule is CCS(=O)(=O)Nc1ccc(C(=O)N2CCN(c3ccc(C)cc3)C(=O)C2)cc1. The van der Waals surface area contributed by atoms with Gasteiger partial charge in [0.1, 0.15) is 6.54 Å². The summed E-state index contributed by atoms with van der Waals surface area (Å²) in [5, 5.41) is 0. The number of nitrogens with one attached hydrogen (secondary N) is 1. The fourth-order valence-corrected chi connectivity index (χ4v) is 3.60. The number of amides is 2. The van der Waals surface area contributed by atoms with E-state index < -0.39 is 10.0 Å². The van der Waals surface area contributed by atoms with Crippen molar-refractivity contribution in [3.63, 3.8) is 0 Å². The van der Waals surface area contributed by atoms with Gasteiger partial charge in [-0.1, -0.05) is 17.7 Å². The van der Waals surface area contributed by atoms with Crippen molar-refractivity contribution in [1.82, 2.24) is 4.90 Å². The minimum Gasteiger partial charge on any atom is -0.328 e. The van der Waals surface area contributed by atoms with Gasteiger partial charge in [-0.3, -0.25) is 14.3 Å². The molecule has 1 saturated heterocycles. The normalized spacial score (nSPS) is 14.9. The molecule has 1 N–H and O–H groups in total. The molecule has 0 spiro atoms. The van der Waals surface area contributed by atoms with Crippen LogP contribution in [0.15, 0.2) is 48.5 Å². The first-order valence-electron chi connectivity index (χ1n) is 9.06. The van der Waals surface area contributed by atoms with E-state index in [1.165, 1.54) is 4.90 Å². The second-order valence-corrected chi connectivity index (χ2v) is 8.70. The Hall–Kier alpha value is -2.87. The third kappa shape index (κ3) is 4.51. The molecule has 2 aromatic carbocycles. The van der Waals surface area contributed by atoms with Gasteiger partial charge in [-0.05, 0) is 50.2 Å². The third-order valence-corrected chi connectivity index (χ3v) is 5.95. The van der Waals surface area contributed by atoms with Crippen molar-refractivity contribution in [1.29, 1.82) is 0 Å². The lowest BCUT2D eigenvalue weighted by Gasteiger charge is -2.34. The first-order chi connectivity index (χ1) is 13.3. The van der Waals surface area contributed by atoms with Gasteiger partial charge in [0.25, 0.3) is 5.91 Å². The molecule has 0 atom stereocenters. The Morgan fingerprint density at radius 2 is 1.68 bits per heavy atom. The number of piperazine rings is 1. The van der Waals surface area contributed by atoms with E-state index in [9.17, 15) is 18.0 Å². The molecule has 2 amide bonds. The van der Waals surface area contributed by atoms with Crippen LogP contribution in [-0.2, 0) is 14.8 Å². The van der Waals surface area contributed by atoms with Crippen molar-refractivity contribution in [3.8, 4) is 0 Å². The van der Waals surface area contributed by atoms with Crippen molar-refractivity contribution in [2.75, 3.05) is 35.0 Å². The average Bonchev–Trinajstić information content (AvgIpc) is 2.68. The van der Waals surface area contributed by atoms with Crippen LogP contribution in [0.2, 0.25) is 0 Å². The molecule has 1 heterocycles. The van der Waals surface area contributed by atoms with E-state index in [-0.39, 0.29) is 24.1 Å². The maximum atomic E-state index is 12.7. The maximum absolute atomic E-state index is 12.7. The van der Waals surface area contributed by atoms with Crippen LogP contribution in [-0.4, -0.2) is 50.5 Å². The quantitative estimate of drug-likeness (QED) is 0.833. The Kier molecular flexibility index (Phi) is 5.69. The van der Waals surface area contributed by atoms with Gasteiger partial charge < -0.3 is 9.80 Å². The summed E-state index contributed by atoms with van der Waals surface area (Å²) in [6.45, 7) is 4.41. The molecule has 0 aromatic heterocycles. The summed E-state index contributed by atoms with van der Waals surface area (Å²) in [6.07, 6.45) is 0. The number of anilines is 2. The molecule has 0 bridgehead atoms. The van der Waals surface area contributed by atoms with Crippen LogP contribution in [0.1, 0.15) is 22.8 Å². The minimum absolute atomic E-state index is 0.0108. The van der Waals surface area contributed by atoms with E-state index in [0.717, 1.165) is 11.3 Å². The van der Waals surface area contributed by atoms with E-state index in [2.05, 4.69) is 4.72 Å². The molecule has 2 aromatic rings. The summed E-state index contributed by atoms with van der Waals surface area (Å²) < 4.78 is 25.7. The van der Waals surface area contributed by atoms with E-state index in [4.69, 9.17) is 0 Å². The average molecular weight is 401 g/mol. The van der Waals surface area contributed by atoms with E-state index in [1.807, 2.05) is 31.2 Å². The molecule has 7 nitrogen and oxygen atoms in total. The van der Waals surface area contributed by atoms with Crippen molar-refractivity contribution < 1.29 is 18.0 Å². The molecule has 0 aliphatic carbocycles. The first kappa shape index (κ1) is 19.9. The number of hydrogen-bond donors (Lipinski definition) is 1. The number of carbonyl (C=O) groups is 2. The van der Waals surface area contributed by atoms with Crippen LogP contribution in [0.4, 0.5) is 11.4 Å². The molecule has 8 heteroatoms. The molecular formula is C20H23N3O4S.